The summed E-state index contributed by atoms with van der Waals surface area (Å²) in [6.45, 7) is 6.59. The normalized spacial score (nSPS) is 17.1. The van der Waals surface area contributed by atoms with Crippen molar-refractivity contribution in [2.75, 3.05) is 26.2 Å². The highest BCUT2D eigenvalue weighted by molar-refractivity contribution is 9.10. The smallest absolute Gasteiger partial charge is 0.410 e. The number of hydrogen-bond donors (Lipinski definition) is 0. The Bertz CT molecular complexity index is 660. The molecule has 1 saturated heterocycles. The van der Waals surface area contributed by atoms with Crippen molar-refractivity contribution < 1.29 is 17.9 Å². The Balaban J connectivity index is 2.01. The maximum absolute atomic E-state index is 12.6. The van der Waals surface area contributed by atoms with Crippen LogP contribution in [0.15, 0.2) is 33.6 Å². The predicted octanol–water partition coefficient (Wildman–Crippen LogP) is 2.69. The quantitative estimate of drug-likeness (QED) is 0.759. The molecule has 0 radical (unpaired) electrons. The molecule has 8 heteroatoms. The van der Waals surface area contributed by atoms with E-state index in [9.17, 15) is 13.2 Å². The summed E-state index contributed by atoms with van der Waals surface area (Å²) in [5, 5.41) is 0. The Morgan fingerprint density at radius 2 is 1.61 bits per heavy atom. The number of halogens is 1. The molecule has 128 valence electrons. The third kappa shape index (κ3) is 4.68. The number of benzene rings is 1. The molecule has 6 nitrogen and oxygen atoms in total. The van der Waals surface area contributed by atoms with Gasteiger partial charge in [0.1, 0.15) is 5.60 Å². The fourth-order valence-electron chi connectivity index (χ4n) is 2.19. The molecule has 0 spiro atoms. The van der Waals surface area contributed by atoms with E-state index >= 15 is 0 Å². The molecule has 0 saturated carbocycles. The van der Waals surface area contributed by atoms with Gasteiger partial charge in [0.15, 0.2) is 0 Å². The molecule has 1 aromatic rings. The van der Waals surface area contributed by atoms with Gasteiger partial charge in [-0.15, -0.1) is 0 Å². The van der Waals surface area contributed by atoms with Gasteiger partial charge in [0.2, 0.25) is 10.0 Å². The van der Waals surface area contributed by atoms with Gasteiger partial charge in [0.05, 0.1) is 4.90 Å². The summed E-state index contributed by atoms with van der Waals surface area (Å²) in [5.41, 5.74) is -0.558. The van der Waals surface area contributed by atoms with Crippen molar-refractivity contribution in [2.24, 2.45) is 0 Å². The lowest BCUT2D eigenvalue weighted by Gasteiger charge is -2.34. The van der Waals surface area contributed by atoms with E-state index in [2.05, 4.69) is 15.9 Å². The molecule has 1 aliphatic heterocycles. The molecule has 1 aliphatic rings. The van der Waals surface area contributed by atoms with Crippen molar-refractivity contribution in [3.05, 3.63) is 28.7 Å². The van der Waals surface area contributed by atoms with Gasteiger partial charge in [-0.05, 0) is 45.0 Å². The molecule has 0 bridgehead atoms. The third-order valence-corrected chi connectivity index (χ3v) is 5.78. The van der Waals surface area contributed by atoms with E-state index in [1.165, 1.54) is 4.31 Å². The van der Waals surface area contributed by atoms with Gasteiger partial charge in [-0.3, -0.25) is 0 Å². The first kappa shape index (κ1) is 18.2. The number of nitrogens with zero attached hydrogens (tertiary/aromatic N) is 2. The van der Waals surface area contributed by atoms with E-state index < -0.39 is 21.7 Å². The lowest BCUT2D eigenvalue weighted by molar-refractivity contribution is 0.0192. The third-order valence-electron chi connectivity index (χ3n) is 3.34. The minimum atomic E-state index is -3.53. The molecule has 1 heterocycles. The number of ether oxygens (including phenoxy) is 1. The van der Waals surface area contributed by atoms with Crippen LogP contribution in [0.4, 0.5) is 4.79 Å². The van der Waals surface area contributed by atoms with Crippen LogP contribution in [-0.2, 0) is 14.8 Å². The standard InChI is InChI=1S/C15H21BrN2O4S/c1-15(2,3)22-14(19)17-8-10-18(11-9-17)23(20,21)13-6-4-12(16)5-7-13/h4-7H,8-11H2,1-3H3. The van der Waals surface area contributed by atoms with E-state index in [0.717, 1.165) is 4.47 Å². The number of sulfonamides is 1. The van der Waals surface area contributed by atoms with Gasteiger partial charge < -0.3 is 9.64 Å². The summed E-state index contributed by atoms with van der Waals surface area (Å²) in [5.74, 6) is 0. The maximum Gasteiger partial charge on any atom is 0.410 e. The van der Waals surface area contributed by atoms with Crippen molar-refractivity contribution in [1.82, 2.24) is 9.21 Å². The maximum atomic E-state index is 12.6. The molecule has 0 N–H and O–H groups in total. The Labute approximate surface area is 145 Å². The van der Waals surface area contributed by atoms with Crippen LogP contribution in [0.5, 0.6) is 0 Å². The van der Waals surface area contributed by atoms with Crippen LogP contribution >= 0.6 is 15.9 Å². The van der Waals surface area contributed by atoms with Crippen molar-refractivity contribution in [3.8, 4) is 0 Å². The lowest BCUT2D eigenvalue weighted by Crippen LogP contribution is -2.51. The summed E-state index contributed by atoms with van der Waals surface area (Å²) >= 11 is 3.29. The minimum Gasteiger partial charge on any atom is -0.444 e. The van der Waals surface area contributed by atoms with Crippen LogP contribution < -0.4 is 0 Å². The highest BCUT2D eigenvalue weighted by atomic mass is 79.9. The second-order valence-corrected chi connectivity index (χ2v) is 9.18. The number of carbonyl (C=O) groups excluding carboxylic acids is 1. The Hall–Kier alpha value is -1.12. The summed E-state index contributed by atoms with van der Waals surface area (Å²) in [6.07, 6.45) is -0.404. The first-order valence-electron chi connectivity index (χ1n) is 7.33. The van der Waals surface area contributed by atoms with Crippen LogP contribution in [0.2, 0.25) is 0 Å². The average Bonchev–Trinajstić information content (AvgIpc) is 2.46. The highest BCUT2D eigenvalue weighted by Gasteiger charge is 2.31. The van der Waals surface area contributed by atoms with Gasteiger partial charge in [0.25, 0.3) is 0 Å². The molecule has 1 amide bonds. The number of hydrogen-bond acceptors (Lipinski definition) is 4. The number of piperazine rings is 1. The summed E-state index contributed by atoms with van der Waals surface area (Å²) in [7, 11) is -3.53. The van der Waals surface area contributed by atoms with Gasteiger partial charge in [-0.2, -0.15) is 4.31 Å². The van der Waals surface area contributed by atoms with E-state index in [4.69, 9.17) is 4.74 Å². The van der Waals surface area contributed by atoms with E-state index in [1.807, 2.05) is 0 Å². The van der Waals surface area contributed by atoms with Crippen molar-refractivity contribution >= 4 is 32.0 Å². The zero-order valence-electron chi connectivity index (χ0n) is 13.5. The summed E-state index contributed by atoms with van der Waals surface area (Å²) in [6, 6.07) is 6.53. The van der Waals surface area contributed by atoms with Crippen LogP contribution in [0.1, 0.15) is 20.8 Å². The van der Waals surface area contributed by atoms with Crippen molar-refractivity contribution in [1.29, 1.82) is 0 Å². The second-order valence-electron chi connectivity index (χ2n) is 6.33. The SMILES string of the molecule is CC(C)(C)OC(=O)N1CCN(S(=O)(=O)c2ccc(Br)cc2)CC1. The van der Waals surface area contributed by atoms with Crippen LogP contribution in [-0.4, -0.2) is 55.5 Å². The molecule has 0 atom stereocenters. The Kier molecular flexibility index (Phi) is 5.37. The first-order valence-corrected chi connectivity index (χ1v) is 9.56. The van der Waals surface area contributed by atoms with Crippen molar-refractivity contribution in [3.63, 3.8) is 0 Å². The van der Waals surface area contributed by atoms with E-state index in [-0.39, 0.29) is 18.0 Å². The second kappa shape index (κ2) is 6.78. The summed E-state index contributed by atoms with van der Waals surface area (Å²) < 4.78 is 32.7. The van der Waals surface area contributed by atoms with Gasteiger partial charge >= 0.3 is 6.09 Å². The zero-order chi connectivity index (χ0) is 17.3. The zero-order valence-corrected chi connectivity index (χ0v) is 15.9. The largest absolute Gasteiger partial charge is 0.444 e. The molecule has 0 unspecified atom stereocenters. The fourth-order valence-corrected chi connectivity index (χ4v) is 3.88. The van der Waals surface area contributed by atoms with Crippen LogP contribution in [0, 0.1) is 0 Å². The molecular weight excluding hydrogens is 384 g/mol. The number of rotatable bonds is 2. The highest BCUT2D eigenvalue weighted by Crippen LogP contribution is 2.20. The Morgan fingerprint density at radius 1 is 1.09 bits per heavy atom. The molecule has 2 rings (SSSR count). The molecule has 0 aliphatic carbocycles. The minimum absolute atomic E-state index is 0.256. The molecular formula is C15H21BrN2O4S. The van der Waals surface area contributed by atoms with Crippen molar-refractivity contribution in [2.45, 2.75) is 31.3 Å². The van der Waals surface area contributed by atoms with Crippen LogP contribution in [0.25, 0.3) is 0 Å². The molecule has 23 heavy (non-hydrogen) atoms. The van der Waals surface area contributed by atoms with E-state index in [0.29, 0.717) is 13.1 Å². The molecule has 1 fully saturated rings. The fraction of sp³-hybridized carbons (Fsp3) is 0.533. The van der Waals surface area contributed by atoms with Crippen LogP contribution in [0.3, 0.4) is 0 Å². The predicted molar refractivity (Wildman–Crippen MR) is 90.7 cm³/mol. The molecule has 0 aromatic heterocycles. The average molecular weight is 405 g/mol. The molecule has 1 aromatic carbocycles. The first-order chi connectivity index (χ1) is 10.6. The Morgan fingerprint density at radius 3 is 2.09 bits per heavy atom. The van der Waals surface area contributed by atoms with Gasteiger partial charge in [0, 0.05) is 30.7 Å². The number of amides is 1. The summed E-state index contributed by atoms with van der Waals surface area (Å²) in [4.78, 5) is 13.8. The number of carbonyl (C=O) groups is 1. The lowest BCUT2D eigenvalue weighted by atomic mass is 10.2. The van der Waals surface area contributed by atoms with E-state index in [1.54, 1.807) is 49.9 Å². The monoisotopic (exact) mass is 404 g/mol. The van der Waals surface area contributed by atoms with Gasteiger partial charge in [-0.1, -0.05) is 15.9 Å². The topological polar surface area (TPSA) is 66.9 Å². The van der Waals surface area contributed by atoms with Gasteiger partial charge in [-0.25, -0.2) is 13.2 Å².